The first-order valence-corrected chi connectivity index (χ1v) is 13.5. The van der Waals surface area contributed by atoms with Crippen LogP contribution in [0.4, 0.5) is 0 Å². The molecule has 1 atom stereocenters. The Hall–Kier alpha value is -3.48. The molecule has 0 spiro atoms. The Morgan fingerprint density at radius 1 is 1.05 bits per heavy atom. The summed E-state index contributed by atoms with van der Waals surface area (Å²) in [5, 5.41) is 10.6. The second kappa shape index (κ2) is 8.82. The fourth-order valence-electron chi connectivity index (χ4n) is 6.53. The van der Waals surface area contributed by atoms with Crippen LogP contribution in [0.5, 0.6) is 0 Å². The van der Waals surface area contributed by atoms with Crippen LogP contribution < -0.4 is 0 Å². The van der Waals surface area contributed by atoms with Gasteiger partial charge in [-0.25, -0.2) is 4.98 Å². The van der Waals surface area contributed by atoms with Crippen LogP contribution in [-0.4, -0.2) is 63.1 Å². The van der Waals surface area contributed by atoms with E-state index in [0.29, 0.717) is 24.6 Å². The molecule has 1 aliphatic carbocycles. The van der Waals surface area contributed by atoms with Crippen LogP contribution in [0.1, 0.15) is 52.7 Å². The number of amides is 1. The number of carbonyl (C=O) groups excluding carboxylic acids is 1. The number of hydrogen-bond donors (Lipinski definition) is 2. The zero-order chi connectivity index (χ0) is 25.1. The van der Waals surface area contributed by atoms with Crippen molar-refractivity contribution in [2.45, 2.75) is 44.8 Å². The highest BCUT2D eigenvalue weighted by Gasteiger charge is 2.31. The van der Waals surface area contributed by atoms with Crippen molar-refractivity contribution in [2.75, 3.05) is 26.2 Å². The van der Waals surface area contributed by atoms with Gasteiger partial charge < -0.3 is 15.0 Å². The molecular weight excluding hydrogens is 460 g/mol. The molecule has 0 bridgehead atoms. The number of H-pyrrole nitrogens is 1. The van der Waals surface area contributed by atoms with Crippen molar-refractivity contribution in [1.82, 2.24) is 19.8 Å². The van der Waals surface area contributed by atoms with Gasteiger partial charge in [0.05, 0.1) is 6.10 Å². The molecule has 6 nitrogen and oxygen atoms in total. The van der Waals surface area contributed by atoms with Gasteiger partial charge in [0, 0.05) is 60.6 Å². The van der Waals surface area contributed by atoms with E-state index in [1.807, 2.05) is 36.7 Å². The van der Waals surface area contributed by atoms with Crippen LogP contribution in [-0.2, 0) is 13.0 Å². The van der Waals surface area contributed by atoms with E-state index in [1.54, 1.807) is 10.5 Å². The smallest absolute Gasteiger partial charge is 0.254 e. The molecule has 0 saturated carbocycles. The minimum atomic E-state index is -0.392. The first-order valence-electron chi connectivity index (χ1n) is 13.5. The topological polar surface area (TPSA) is 72.5 Å². The third-order valence-electron chi connectivity index (χ3n) is 8.53. The number of aliphatic hydroxyl groups is 1. The van der Waals surface area contributed by atoms with E-state index in [-0.39, 0.29) is 5.91 Å². The van der Waals surface area contributed by atoms with E-state index in [1.165, 1.54) is 42.5 Å². The molecular formula is C31H32N4O2. The molecule has 4 aromatic rings. The van der Waals surface area contributed by atoms with Gasteiger partial charge in [-0.3, -0.25) is 9.69 Å². The number of nitrogens with zero attached hydrogens (tertiary/aromatic N) is 3. The van der Waals surface area contributed by atoms with Gasteiger partial charge in [0.25, 0.3) is 5.91 Å². The molecule has 2 aromatic carbocycles. The van der Waals surface area contributed by atoms with Crippen LogP contribution >= 0.6 is 0 Å². The summed E-state index contributed by atoms with van der Waals surface area (Å²) in [7, 11) is 0. The Kier molecular flexibility index (Phi) is 5.41. The number of rotatable bonds is 4. The predicted molar refractivity (Wildman–Crippen MR) is 146 cm³/mol. The lowest BCUT2D eigenvalue weighted by Crippen LogP contribution is -2.53. The number of benzene rings is 2. The summed E-state index contributed by atoms with van der Waals surface area (Å²) < 4.78 is 0. The highest BCUT2D eigenvalue weighted by molar-refractivity contribution is 5.98. The van der Waals surface area contributed by atoms with Gasteiger partial charge in [-0.1, -0.05) is 25.1 Å². The number of aryl methyl sites for hydroxylation is 1. The summed E-state index contributed by atoms with van der Waals surface area (Å²) in [5.41, 5.74) is 10.7. The van der Waals surface area contributed by atoms with Crippen molar-refractivity contribution < 1.29 is 9.90 Å². The van der Waals surface area contributed by atoms with Gasteiger partial charge in [-0.05, 0) is 83.8 Å². The Labute approximate surface area is 216 Å². The molecule has 6 heteroatoms. The van der Waals surface area contributed by atoms with Crippen molar-refractivity contribution in [1.29, 1.82) is 0 Å². The van der Waals surface area contributed by atoms with E-state index < -0.39 is 6.10 Å². The average Bonchev–Trinajstić information content (AvgIpc) is 3.34. The molecule has 3 aliphatic rings. The molecule has 1 unspecified atom stereocenters. The summed E-state index contributed by atoms with van der Waals surface area (Å²) >= 11 is 0. The summed E-state index contributed by atoms with van der Waals surface area (Å²) in [6, 6.07) is 14.8. The lowest BCUT2D eigenvalue weighted by molar-refractivity contribution is 0.00590. The fourth-order valence-corrected chi connectivity index (χ4v) is 6.53. The van der Waals surface area contributed by atoms with Crippen LogP contribution in [0.3, 0.4) is 0 Å². The van der Waals surface area contributed by atoms with Crippen LogP contribution in [0.15, 0.2) is 54.9 Å². The van der Waals surface area contributed by atoms with Gasteiger partial charge in [0.15, 0.2) is 0 Å². The number of pyridine rings is 1. The number of aromatic nitrogens is 2. The molecule has 2 aromatic heterocycles. The second-order valence-electron chi connectivity index (χ2n) is 10.9. The third-order valence-corrected chi connectivity index (χ3v) is 8.53. The Morgan fingerprint density at radius 3 is 2.65 bits per heavy atom. The Morgan fingerprint density at radius 2 is 1.86 bits per heavy atom. The molecule has 2 N–H and O–H groups in total. The summed E-state index contributed by atoms with van der Waals surface area (Å²) in [5.74, 6) is 0.652. The summed E-state index contributed by atoms with van der Waals surface area (Å²) in [6.07, 6.45) is 7.35. The molecule has 37 heavy (non-hydrogen) atoms. The van der Waals surface area contributed by atoms with Crippen molar-refractivity contribution in [3.63, 3.8) is 0 Å². The monoisotopic (exact) mass is 492 g/mol. The number of aromatic amines is 1. The van der Waals surface area contributed by atoms with E-state index >= 15 is 0 Å². The molecule has 7 rings (SSSR count). The van der Waals surface area contributed by atoms with E-state index in [4.69, 9.17) is 4.98 Å². The number of likely N-dealkylation sites (N-methyl/N-ethyl adjacent to an activating group) is 1. The number of aliphatic hydroxyl groups excluding tert-OH is 1. The number of likely N-dealkylation sites (tertiary alicyclic amines) is 1. The Bertz CT molecular complexity index is 1500. The molecule has 1 fully saturated rings. The highest BCUT2D eigenvalue weighted by Crippen LogP contribution is 2.41. The molecule has 188 valence electrons. The quantitative estimate of drug-likeness (QED) is 0.422. The lowest BCUT2D eigenvalue weighted by Gasteiger charge is -2.38. The standard InChI is InChI=1S/C31H32N4O2/c1-2-34-15-22-5-3-4-21-10-23(11-25(16-34)29(21)22)24-12-27-28(14-33-30(27)32-13-24)19-6-8-20(9-7-19)31(37)35-17-26(36)18-35/h6-14,22,26,36H,2-5,15-18H2,1H3,(H,32,33). The number of carbonyl (C=O) groups is 1. The number of hydrogen-bond acceptors (Lipinski definition) is 4. The summed E-state index contributed by atoms with van der Waals surface area (Å²) in [6.45, 7) is 6.43. The fraction of sp³-hybridized carbons (Fsp3) is 0.355. The predicted octanol–water partition coefficient (Wildman–Crippen LogP) is 4.97. The van der Waals surface area contributed by atoms with Gasteiger partial charge in [0.2, 0.25) is 0 Å². The third kappa shape index (κ3) is 3.87. The zero-order valence-corrected chi connectivity index (χ0v) is 21.2. The van der Waals surface area contributed by atoms with E-state index in [0.717, 1.165) is 40.8 Å². The number of nitrogens with one attached hydrogen (secondary N) is 1. The SMILES string of the molecule is CCN1Cc2cc(-c3cnc4[nH]cc(-c5ccc(C(=O)N6CC(O)C6)cc5)c4c3)cc3c2C(CCC3)C1. The van der Waals surface area contributed by atoms with E-state index in [2.05, 4.69) is 35.0 Å². The minimum Gasteiger partial charge on any atom is -0.389 e. The van der Waals surface area contributed by atoms with Crippen molar-refractivity contribution in [3.8, 4) is 22.3 Å². The van der Waals surface area contributed by atoms with Gasteiger partial charge in [-0.15, -0.1) is 0 Å². The normalized spacial score (nSPS) is 19.6. The van der Waals surface area contributed by atoms with Crippen molar-refractivity contribution in [2.24, 2.45) is 0 Å². The first-order chi connectivity index (χ1) is 18.1. The minimum absolute atomic E-state index is 0.0278. The molecule has 4 heterocycles. The maximum absolute atomic E-state index is 12.6. The Balaban J connectivity index is 1.23. The number of β-amino-alcohol motifs (C(OH)–C–C–N with tert-alkyl or cyclic N) is 1. The lowest BCUT2D eigenvalue weighted by atomic mass is 9.76. The van der Waals surface area contributed by atoms with Crippen LogP contribution in [0.2, 0.25) is 0 Å². The highest BCUT2D eigenvalue weighted by atomic mass is 16.3. The van der Waals surface area contributed by atoms with Crippen LogP contribution in [0, 0.1) is 0 Å². The maximum Gasteiger partial charge on any atom is 0.254 e. The van der Waals surface area contributed by atoms with Crippen LogP contribution in [0.25, 0.3) is 33.3 Å². The first kappa shape index (κ1) is 22.7. The molecule has 2 aliphatic heterocycles. The average molecular weight is 493 g/mol. The summed E-state index contributed by atoms with van der Waals surface area (Å²) in [4.78, 5) is 25.0. The van der Waals surface area contributed by atoms with E-state index in [9.17, 15) is 9.90 Å². The number of fused-ring (bicyclic) bond motifs is 1. The zero-order valence-electron chi connectivity index (χ0n) is 21.2. The van der Waals surface area contributed by atoms with Crippen molar-refractivity contribution in [3.05, 3.63) is 77.1 Å². The maximum atomic E-state index is 12.6. The van der Waals surface area contributed by atoms with Gasteiger partial charge >= 0.3 is 0 Å². The molecule has 1 amide bonds. The van der Waals surface area contributed by atoms with Gasteiger partial charge in [0.1, 0.15) is 5.65 Å². The molecule has 1 saturated heterocycles. The second-order valence-corrected chi connectivity index (χ2v) is 10.9. The van der Waals surface area contributed by atoms with Crippen molar-refractivity contribution >= 4 is 16.9 Å². The molecule has 0 radical (unpaired) electrons. The largest absolute Gasteiger partial charge is 0.389 e. The van der Waals surface area contributed by atoms with Gasteiger partial charge in [-0.2, -0.15) is 0 Å².